The van der Waals surface area contributed by atoms with Crippen LogP contribution >= 0.6 is 0 Å². The van der Waals surface area contributed by atoms with E-state index in [0.717, 1.165) is 13.1 Å². The minimum atomic E-state index is -0.333. The van der Waals surface area contributed by atoms with Crippen molar-refractivity contribution in [3.8, 4) is 0 Å². The zero-order valence-electron chi connectivity index (χ0n) is 11.8. The van der Waals surface area contributed by atoms with Gasteiger partial charge in [-0.3, -0.25) is 15.1 Å². The highest BCUT2D eigenvalue weighted by atomic mass is 16.5. The van der Waals surface area contributed by atoms with Gasteiger partial charge in [0.25, 0.3) is 5.91 Å². The summed E-state index contributed by atoms with van der Waals surface area (Å²) in [4.78, 5) is 13.8. The van der Waals surface area contributed by atoms with Crippen molar-refractivity contribution in [2.24, 2.45) is 11.8 Å². The molecule has 6 heteroatoms. The minimum Gasteiger partial charge on any atom is -0.467 e. The van der Waals surface area contributed by atoms with Crippen LogP contribution in [-0.4, -0.2) is 37.6 Å². The maximum Gasteiger partial charge on any atom is 0.268 e. The lowest BCUT2D eigenvalue weighted by Crippen LogP contribution is -2.33. The molecule has 19 heavy (non-hydrogen) atoms. The molecular formula is C13H23N3O3. The molecule has 6 nitrogen and oxygen atoms in total. The molecular weight excluding hydrogens is 246 g/mol. The molecule has 1 amide bonds. The molecule has 1 aromatic heterocycles. The smallest absolute Gasteiger partial charge is 0.268 e. The van der Waals surface area contributed by atoms with Crippen LogP contribution in [0.5, 0.6) is 0 Å². The van der Waals surface area contributed by atoms with E-state index in [0.29, 0.717) is 30.4 Å². The summed E-state index contributed by atoms with van der Waals surface area (Å²) < 4.78 is 10.5. The van der Waals surface area contributed by atoms with Gasteiger partial charge < -0.3 is 9.15 Å². The van der Waals surface area contributed by atoms with Crippen molar-refractivity contribution in [2.75, 3.05) is 26.8 Å². The van der Waals surface area contributed by atoms with Crippen molar-refractivity contribution in [1.29, 1.82) is 0 Å². The number of amides is 1. The van der Waals surface area contributed by atoms with Gasteiger partial charge in [0.05, 0.1) is 25.0 Å². The van der Waals surface area contributed by atoms with Gasteiger partial charge in [0.15, 0.2) is 0 Å². The van der Waals surface area contributed by atoms with Crippen LogP contribution in [0.1, 0.15) is 30.0 Å². The monoisotopic (exact) mass is 269 g/mol. The fourth-order valence-electron chi connectivity index (χ4n) is 1.92. The molecule has 0 unspecified atom stereocenters. The Kier molecular flexibility index (Phi) is 6.55. The number of furan rings is 1. The van der Waals surface area contributed by atoms with Crippen molar-refractivity contribution >= 4 is 5.91 Å². The average molecular weight is 269 g/mol. The molecule has 0 fully saturated rings. The number of nitrogens with one attached hydrogen (secondary N) is 1. The first-order valence-corrected chi connectivity index (χ1v) is 6.37. The number of rotatable bonds is 8. The van der Waals surface area contributed by atoms with Crippen molar-refractivity contribution in [3.05, 3.63) is 23.7 Å². The SMILES string of the molecule is COCCN(Cc1occc1C(=O)NN)CC(C)C. The number of hydrazine groups is 1. The fourth-order valence-corrected chi connectivity index (χ4v) is 1.92. The Balaban J connectivity index is 2.72. The van der Waals surface area contributed by atoms with Crippen molar-refractivity contribution in [1.82, 2.24) is 10.3 Å². The molecule has 0 saturated carbocycles. The highest BCUT2D eigenvalue weighted by molar-refractivity contribution is 5.94. The molecule has 1 aromatic rings. The zero-order chi connectivity index (χ0) is 14.3. The average Bonchev–Trinajstić information content (AvgIpc) is 2.82. The number of hydrogen-bond donors (Lipinski definition) is 2. The van der Waals surface area contributed by atoms with Gasteiger partial charge in [-0.25, -0.2) is 5.84 Å². The normalized spacial score (nSPS) is 11.3. The van der Waals surface area contributed by atoms with E-state index in [2.05, 4.69) is 24.2 Å². The van der Waals surface area contributed by atoms with Crippen LogP contribution in [0.15, 0.2) is 16.7 Å². The van der Waals surface area contributed by atoms with Crippen LogP contribution in [-0.2, 0) is 11.3 Å². The Morgan fingerprint density at radius 2 is 2.32 bits per heavy atom. The summed E-state index contributed by atoms with van der Waals surface area (Å²) in [6, 6.07) is 1.63. The van der Waals surface area contributed by atoms with Crippen LogP contribution in [0.25, 0.3) is 0 Å². The molecule has 0 radical (unpaired) electrons. The third-order valence-corrected chi connectivity index (χ3v) is 2.72. The van der Waals surface area contributed by atoms with Gasteiger partial charge in [-0.2, -0.15) is 0 Å². The summed E-state index contributed by atoms with van der Waals surface area (Å²) in [5.41, 5.74) is 2.60. The number of methoxy groups -OCH3 is 1. The molecule has 0 spiro atoms. The summed E-state index contributed by atoms with van der Waals surface area (Å²) in [7, 11) is 1.67. The lowest BCUT2D eigenvalue weighted by molar-refractivity contribution is 0.0947. The molecule has 0 bridgehead atoms. The molecule has 0 saturated heterocycles. The second-order valence-corrected chi connectivity index (χ2v) is 4.85. The lowest BCUT2D eigenvalue weighted by Gasteiger charge is -2.23. The summed E-state index contributed by atoms with van der Waals surface area (Å²) in [5.74, 6) is 5.97. The molecule has 0 aliphatic heterocycles. The molecule has 108 valence electrons. The maximum absolute atomic E-state index is 11.6. The number of nitrogens with two attached hydrogens (primary N) is 1. The summed E-state index contributed by atoms with van der Waals surface area (Å²) >= 11 is 0. The van der Waals surface area contributed by atoms with Gasteiger partial charge in [-0.05, 0) is 12.0 Å². The number of nitrogen functional groups attached to an aromatic ring is 1. The quantitative estimate of drug-likeness (QED) is 0.418. The molecule has 0 aliphatic rings. The lowest BCUT2D eigenvalue weighted by atomic mass is 10.2. The van der Waals surface area contributed by atoms with E-state index in [1.54, 1.807) is 13.2 Å². The van der Waals surface area contributed by atoms with E-state index in [4.69, 9.17) is 15.0 Å². The van der Waals surface area contributed by atoms with Crippen LogP contribution in [0, 0.1) is 5.92 Å². The number of carbonyl (C=O) groups excluding carboxylic acids is 1. The Hall–Kier alpha value is -1.37. The van der Waals surface area contributed by atoms with Crippen LogP contribution < -0.4 is 11.3 Å². The first-order valence-electron chi connectivity index (χ1n) is 6.37. The van der Waals surface area contributed by atoms with Crippen LogP contribution in [0.4, 0.5) is 0 Å². The van der Waals surface area contributed by atoms with Gasteiger partial charge in [-0.1, -0.05) is 13.8 Å². The highest BCUT2D eigenvalue weighted by Crippen LogP contribution is 2.14. The predicted molar refractivity (Wildman–Crippen MR) is 72.4 cm³/mol. The summed E-state index contributed by atoms with van der Waals surface area (Å²) in [6.45, 7) is 7.21. The Bertz CT molecular complexity index is 390. The molecule has 0 aliphatic carbocycles. The number of ether oxygens (including phenoxy) is 1. The van der Waals surface area contributed by atoms with E-state index >= 15 is 0 Å². The van der Waals surface area contributed by atoms with Gasteiger partial charge in [0.2, 0.25) is 0 Å². The number of nitrogens with zero attached hydrogens (tertiary/aromatic N) is 1. The predicted octanol–water partition coefficient (Wildman–Crippen LogP) is 0.987. The summed E-state index contributed by atoms with van der Waals surface area (Å²) in [6.07, 6.45) is 1.50. The Morgan fingerprint density at radius 3 is 2.89 bits per heavy atom. The third-order valence-electron chi connectivity index (χ3n) is 2.72. The standard InChI is InChI=1S/C13H23N3O3/c1-10(2)8-16(5-7-18-3)9-12-11(4-6-19-12)13(17)15-14/h4,6,10H,5,7-9,14H2,1-3H3,(H,15,17). The van der Waals surface area contributed by atoms with E-state index in [1.807, 2.05) is 0 Å². The number of carbonyl (C=O) groups is 1. The first-order chi connectivity index (χ1) is 9.08. The van der Waals surface area contributed by atoms with Gasteiger partial charge in [0.1, 0.15) is 5.76 Å². The zero-order valence-corrected chi connectivity index (χ0v) is 11.8. The molecule has 3 N–H and O–H groups in total. The molecule has 0 atom stereocenters. The second-order valence-electron chi connectivity index (χ2n) is 4.85. The topological polar surface area (TPSA) is 80.7 Å². The van der Waals surface area contributed by atoms with E-state index in [-0.39, 0.29) is 5.91 Å². The van der Waals surface area contributed by atoms with E-state index < -0.39 is 0 Å². The summed E-state index contributed by atoms with van der Waals surface area (Å²) in [5, 5.41) is 0. The van der Waals surface area contributed by atoms with E-state index in [9.17, 15) is 4.79 Å². The second kappa shape index (κ2) is 7.93. The fraction of sp³-hybridized carbons (Fsp3) is 0.615. The van der Waals surface area contributed by atoms with Crippen LogP contribution in [0.2, 0.25) is 0 Å². The highest BCUT2D eigenvalue weighted by Gasteiger charge is 2.17. The first kappa shape index (κ1) is 15.7. The molecule has 0 aromatic carbocycles. The number of hydrogen-bond acceptors (Lipinski definition) is 5. The molecule has 1 heterocycles. The van der Waals surface area contributed by atoms with Crippen LogP contribution in [0.3, 0.4) is 0 Å². The van der Waals surface area contributed by atoms with E-state index in [1.165, 1.54) is 6.26 Å². The largest absolute Gasteiger partial charge is 0.467 e. The molecule has 1 rings (SSSR count). The minimum absolute atomic E-state index is 0.333. The van der Waals surface area contributed by atoms with Crippen molar-refractivity contribution < 1.29 is 13.9 Å². The Morgan fingerprint density at radius 1 is 1.58 bits per heavy atom. The van der Waals surface area contributed by atoms with Crippen molar-refractivity contribution in [2.45, 2.75) is 20.4 Å². The third kappa shape index (κ3) is 5.02. The van der Waals surface area contributed by atoms with Gasteiger partial charge >= 0.3 is 0 Å². The Labute approximate surface area is 113 Å². The van der Waals surface area contributed by atoms with Crippen molar-refractivity contribution in [3.63, 3.8) is 0 Å². The van der Waals surface area contributed by atoms with Gasteiger partial charge in [0, 0.05) is 20.2 Å². The van der Waals surface area contributed by atoms with Gasteiger partial charge in [-0.15, -0.1) is 0 Å². The maximum atomic E-state index is 11.6.